The molecule has 0 spiro atoms. The summed E-state index contributed by atoms with van der Waals surface area (Å²) in [5.41, 5.74) is 5.80. The van der Waals surface area contributed by atoms with Gasteiger partial charge in [0.2, 0.25) is 0 Å². The summed E-state index contributed by atoms with van der Waals surface area (Å²) in [5.74, 6) is 0. The first kappa shape index (κ1) is 27.7. The second-order valence-electron chi connectivity index (χ2n) is 12.9. The van der Waals surface area contributed by atoms with Crippen molar-refractivity contribution in [1.29, 1.82) is 0 Å². The number of hydrogen-bond donors (Lipinski definition) is 0. The predicted molar refractivity (Wildman–Crippen MR) is 212 cm³/mol. The Hall–Kier alpha value is -6.44. The molecule has 0 aliphatic carbocycles. The fourth-order valence-corrected chi connectivity index (χ4v) is 7.87. The van der Waals surface area contributed by atoms with Crippen molar-refractivity contribution in [3.05, 3.63) is 188 Å². The van der Waals surface area contributed by atoms with Crippen molar-refractivity contribution in [2.75, 3.05) is 4.90 Å². The highest BCUT2D eigenvalue weighted by molar-refractivity contribution is 6.30. The molecule has 0 aliphatic heterocycles. The molecule has 10 aromatic rings. The minimum absolute atomic E-state index is 1.12. The first-order valence-electron chi connectivity index (χ1n) is 16.9. The zero-order chi connectivity index (χ0) is 32.3. The molecule has 49 heavy (non-hydrogen) atoms. The number of rotatable bonds is 4. The standard InChI is InChI=1S/C48H31N/c1-2-11-32(12-3-1)36-16-10-17-39(29-36)49(40-26-28-42-38(30-40)24-22-33-13-4-7-18-41(33)42)46-31-37-15-6-9-20-44(37)48-45(46)27-25-35-23-21-34-14-5-8-19-43(34)47(35)48/h1-31H. The zero-order valence-electron chi connectivity index (χ0n) is 26.8. The summed E-state index contributed by atoms with van der Waals surface area (Å²) in [4.78, 5) is 2.47. The van der Waals surface area contributed by atoms with Crippen LogP contribution in [0.15, 0.2) is 188 Å². The van der Waals surface area contributed by atoms with Crippen LogP contribution in [-0.2, 0) is 0 Å². The summed E-state index contributed by atoms with van der Waals surface area (Å²) in [7, 11) is 0. The van der Waals surface area contributed by atoms with Crippen LogP contribution < -0.4 is 4.90 Å². The van der Waals surface area contributed by atoms with Gasteiger partial charge in [0.25, 0.3) is 0 Å². The van der Waals surface area contributed by atoms with Gasteiger partial charge in [-0.05, 0) is 95.3 Å². The predicted octanol–water partition coefficient (Wildman–Crippen LogP) is 13.7. The Labute approximate surface area is 284 Å². The van der Waals surface area contributed by atoms with E-state index in [1.165, 1.54) is 75.8 Å². The van der Waals surface area contributed by atoms with E-state index in [4.69, 9.17) is 0 Å². The molecule has 0 heterocycles. The number of benzene rings is 10. The van der Waals surface area contributed by atoms with Gasteiger partial charge in [0.1, 0.15) is 0 Å². The minimum Gasteiger partial charge on any atom is -0.310 e. The maximum atomic E-state index is 2.47. The van der Waals surface area contributed by atoms with Crippen molar-refractivity contribution >= 4 is 81.7 Å². The molecule has 228 valence electrons. The van der Waals surface area contributed by atoms with Crippen molar-refractivity contribution in [2.45, 2.75) is 0 Å². The topological polar surface area (TPSA) is 3.24 Å². The first-order valence-corrected chi connectivity index (χ1v) is 16.9. The van der Waals surface area contributed by atoms with E-state index in [2.05, 4.69) is 193 Å². The molecule has 0 bridgehead atoms. The Morgan fingerprint density at radius 3 is 1.61 bits per heavy atom. The Morgan fingerprint density at radius 1 is 0.265 bits per heavy atom. The van der Waals surface area contributed by atoms with E-state index in [1.807, 2.05) is 0 Å². The van der Waals surface area contributed by atoms with Gasteiger partial charge in [0.05, 0.1) is 5.69 Å². The third-order valence-electron chi connectivity index (χ3n) is 10.1. The van der Waals surface area contributed by atoms with Gasteiger partial charge in [-0.2, -0.15) is 0 Å². The first-order chi connectivity index (χ1) is 24.3. The number of fused-ring (bicyclic) bond motifs is 10. The maximum Gasteiger partial charge on any atom is 0.0546 e. The monoisotopic (exact) mass is 621 g/mol. The highest BCUT2D eigenvalue weighted by atomic mass is 15.1. The third kappa shape index (κ3) is 4.47. The van der Waals surface area contributed by atoms with E-state index in [1.54, 1.807) is 0 Å². The molecule has 1 nitrogen and oxygen atoms in total. The van der Waals surface area contributed by atoms with Gasteiger partial charge in [-0.15, -0.1) is 0 Å². The van der Waals surface area contributed by atoms with Crippen LogP contribution in [0.25, 0.3) is 75.8 Å². The molecular formula is C48H31N. The molecule has 10 aromatic carbocycles. The minimum atomic E-state index is 1.12. The van der Waals surface area contributed by atoms with Crippen LogP contribution in [0.3, 0.4) is 0 Å². The lowest BCUT2D eigenvalue weighted by Gasteiger charge is -2.29. The molecule has 0 fully saturated rings. The van der Waals surface area contributed by atoms with Crippen molar-refractivity contribution < 1.29 is 0 Å². The second kappa shape index (κ2) is 11.1. The average molecular weight is 622 g/mol. The van der Waals surface area contributed by atoms with Crippen molar-refractivity contribution in [3.63, 3.8) is 0 Å². The van der Waals surface area contributed by atoms with Crippen LogP contribution in [-0.4, -0.2) is 0 Å². The van der Waals surface area contributed by atoms with Gasteiger partial charge in [-0.25, -0.2) is 0 Å². The van der Waals surface area contributed by atoms with E-state index in [0.717, 1.165) is 17.1 Å². The van der Waals surface area contributed by atoms with E-state index < -0.39 is 0 Å². The summed E-state index contributed by atoms with van der Waals surface area (Å²) in [6.07, 6.45) is 0. The molecule has 0 aliphatic rings. The fraction of sp³-hybridized carbons (Fsp3) is 0. The molecule has 0 N–H and O–H groups in total. The Kier molecular flexibility index (Phi) is 6.25. The molecule has 1 heteroatoms. The van der Waals surface area contributed by atoms with Crippen LogP contribution >= 0.6 is 0 Å². The van der Waals surface area contributed by atoms with Gasteiger partial charge in [-0.1, -0.05) is 158 Å². The summed E-state index contributed by atoms with van der Waals surface area (Å²) in [6, 6.07) is 68.9. The van der Waals surface area contributed by atoms with Crippen molar-refractivity contribution in [1.82, 2.24) is 0 Å². The molecule has 0 amide bonds. The van der Waals surface area contributed by atoms with Crippen molar-refractivity contribution in [3.8, 4) is 11.1 Å². The van der Waals surface area contributed by atoms with E-state index in [0.29, 0.717) is 0 Å². The molecule has 0 atom stereocenters. The lowest BCUT2D eigenvalue weighted by molar-refractivity contribution is 1.31. The molecule has 0 aromatic heterocycles. The van der Waals surface area contributed by atoms with Gasteiger partial charge in [0, 0.05) is 22.1 Å². The van der Waals surface area contributed by atoms with Gasteiger partial charge < -0.3 is 4.90 Å². The molecular weight excluding hydrogens is 591 g/mol. The van der Waals surface area contributed by atoms with Gasteiger partial charge >= 0.3 is 0 Å². The largest absolute Gasteiger partial charge is 0.310 e. The van der Waals surface area contributed by atoms with Crippen LogP contribution in [0.5, 0.6) is 0 Å². The molecule has 0 saturated carbocycles. The number of nitrogens with zero attached hydrogens (tertiary/aromatic N) is 1. The summed E-state index contributed by atoms with van der Waals surface area (Å²) >= 11 is 0. The molecule has 0 unspecified atom stereocenters. The third-order valence-corrected chi connectivity index (χ3v) is 10.1. The number of hydrogen-bond acceptors (Lipinski definition) is 1. The quantitative estimate of drug-likeness (QED) is 0.177. The van der Waals surface area contributed by atoms with E-state index >= 15 is 0 Å². The van der Waals surface area contributed by atoms with Crippen LogP contribution in [0.1, 0.15) is 0 Å². The summed E-state index contributed by atoms with van der Waals surface area (Å²) in [5, 5.41) is 15.1. The van der Waals surface area contributed by atoms with E-state index in [-0.39, 0.29) is 0 Å². The van der Waals surface area contributed by atoms with Gasteiger partial charge in [-0.3, -0.25) is 0 Å². The van der Waals surface area contributed by atoms with Crippen LogP contribution in [0.4, 0.5) is 17.1 Å². The molecule has 0 saturated heterocycles. The fourth-order valence-electron chi connectivity index (χ4n) is 7.87. The summed E-state index contributed by atoms with van der Waals surface area (Å²) < 4.78 is 0. The lowest BCUT2D eigenvalue weighted by atomic mass is 9.91. The normalized spacial score (nSPS) is 11.7. The highest BCUT2D eigenvalue weighted by Crippen LogP contribution is 2.46. The Morgan fingerprint density at radius 2 is 0.796 bits per heavy atom. The SMILES string of the molecule is c1ccc(-c2cccc(N(c3ccc4c(ccc5ccccc54)c3)c3cc4ccccc4c4c3ccc3ccc5ccccc5c34)c2)cc1. The molecule has 10 rings (SSSR count). The zero-order valence-corrected chi connectivity index (χ0v) is 26.8. The average Bonchev–Trinajstić information content (AvgIpc) is 3.18. The summed E-state index contributed by atoms with van der Waals surface area (Å²) in [6.45, 7) is 0. The van der Waals surface area contributed by atoms with Crippen LogP contribution in [0.2, 0.25) is 0 Å². The smallest absolute Gasteiger partial charge is 0.0546 e. The maximum absolute atomic E-state index is 2.47. The van der Waals surface area contributed by atoms with E-state index in [9.17, 15) is 0 Å². The Balaban J connectivity index is 1.32. The van der Waals surface area contributed by atoms with Crippen LogP contribution in [0, 0.1) is 0 Å². The van der Waals surface area contributed by atoms with Crippen molar-refractivity contribution in [2.24, 2.45) is 0 Å². The highest BCUT2D eigenvalue weighted by Gasteiger charge is 2.20. The number of anilines is 3. The molecule has 0 radical (unpaired) electrons. The second-order valence-corrected chi connectivity index (χ2v) is 12.9. The Bertz CT molecular complexity index is 2890. The van der Waals surface area contributed by atoms with Gasteiger partial charge in [0.15, 0.2) is 0 Å². The lowest BCUT2D eigenvalue weighted by Crippen LogP contribution is -2.11.